The van der Waals surface area contributed by atoms with E-state index < -0.39 is 9.84 Å². The lowest BCUT2D eigenvalue weighted by molar-refractivity contribution is 0.227. The highest BCUT2D eigenvalue weighted by atomic mass is 32.2. The van der Waals surface area contributed by atoms with E-state index in [1.54, 1.807) is 7.11 Å². The Labute approximate surface area is 183 Å². The number of sulfone groups is 1. The van der Waals surface area contributed by atoms with Crippen molar-refractivity contribution >= 4 is 9.84 Å². The van der Waals surface area contributed by atoms with Gasteiger partial charge in [0.25, 0.3) is 0 Å². The number of hydrogen-bond acceptors (Lipinski definition) is 5. The maximum absolute atomic E-state index is 12.1. The second-order valence-corrected chi connectivity index (χ2v) is 10.0. The predicted molar refractivity (Wildman–Crippen MR) is 123 cm³/mol. The van der Waals surface area contributed by atoms with Gasteiger partial charge in [-0.3, -0.25) is 4.90 Å². The lowest BCUT2D eigenvalue weighted by Crippen LogP contribution is -2.35. The minimum absolute atomic E-state index is 0.0127. The van der Waals surface area contributed by atoms with Crippen LogP contribution >= 0.6 is 0 Å². The largest absolute Gasteiger partial charge is 0.497 e. The topological polar surface area (TPSA) is 64.4 Å². The van der Waals surface area contributed by atoms with Gasteiger partial charge < -0.3 is 4.74 Å². The molecule has 1 aromatic heterocycles. The van der Waals surface area contributed by atoms with E-state index in [9.17, 15) is 8.42 Å². The van der Waals surface area contributed by atoms with Crippen LogP contribution < -0.4 is 4.74 Å². The van der Waals surface area contributed by atoms with Crippen LogP contribution in [0.25, 0.3) is 16.9 Å². The zero-order valence-electron chi connectivity index (χ0n) is 17.6. The summed E-state index contributed by atoms with van der Waals surface area (Å²) in [7, 11) is -1.33. The molecule has 3 aromatic rings. The van der Waals surface area contributed by atoms with Gasteiger partial charge in [0.05, 0.1) is 30.0 Å². The van der Waals surface area contributed by atoms with Crippen LogP contribution in [0.3, 0.4) is 0 Å². The fourth-order valence-electron chi connectivity index (χ4n) is 4.04. The Kier molecular flexibility index (Phi) is 6.25. The third-order valence-corrected chi connectivity index (χ3v) is 7.37. The number of hydrogen-bond donors (Lipinski definition) is 0. The van der Waals surface area contributed by atoms with Crippen molar-refractivity contribution in [2.45, 2.75) is 19.0 Å². The maximum Gasteiger partial charge on any atom is 0.151 e. The first-order valence-corrected chi connectivity index (χ1v) is 12.1. The summed E-state index contributed by atoms with van der Waals surface area (Å²) in [5.41, 5.74) is 3.82. The molecule has 1 fully saturated rings. The molecule has 31 heavy (non-hydrogen) atoms. The Morgan fingerprint density at radius 3 is 2.71 bits per heavy atom. The van der Waals surface area contributed by atoms with Crippen LogP contribution in [0.5, 0.6) is 5.75 Å². The monoisotopic (exact) mass is 437 g/mol. The smallest absolute Gasteiger partial charge is 0.151 e. The molecule has 2 aromatic carbocycles. The lowest BCUT2D eigenvalue weighted by Gasteiger charge is -2.26. The van der Waals surface area contributed by atoms with E-state index >= 15 is 0 Å². The molecule has 0 saturated carbocycles. The number of benzene rings is 2. The molecule has 1 atom stereocenters. The van der Waals surface area contributed by atoms with Gasteiger partial charge in [0.2, 0.25) is 0 Å². The highest BCUT2D eigenvalue weighted by Gasteiger charge is 2.32. The summed E-state index contributed by atoms with van der Waals surface area (Å²) in [6.45, 7) is 5.09. The normalized spacial score (nSPS) is 17.7. The Hall–Kier alpha value is -2.90. The van der Waals surface area contributed by atoms with Crippen LogP contribution in [0.2, 0.25) is 0 Å². The Balaban J connectivity index is 1.73. The molecule has 7 heteroatoms. The Morgan fingerprint density at radius 2 is 2.03 bits per heavy atom. The Bertz CT molecular complexity index is 1160. The summed E-state index contributed by atoms with van der Waals surface area (Å²) >= 11 is 0. The third-order valence-electron chi connectivity index (χ3n) is 5.62. The number of rotatable bonds is 8. The van der Waals surface area contributed by atoms with E-state index in [0.717, 1.165) is 28.3 Å². The molecule has 0 aliphatic carbocycles. The second-order valence-electron chi connectivity index (χ2n) is 7.79. The number of methoxy groups -OCH3 is 1. The van der Waals surface area contributed by atoms with Crippen molar-refractivity contribution in [3.05, 3.63) is 79.0 Å². The van der Waals surface area contributed by atoms with Gasteiger partial charge in [0.15, 0.2) is 9.84 Å². The lowest BCUT2D eigenvalue weighted by atomic mass is 10.1. The molecule has 0 unspecified atom stereocenters. The first-order chi connectivity index (χ1) is 15.0. The van der Waals surface area contributed by atoms with Gasteiger partial charge >= 0.3 is 0 Å². The second kappa shape index (κ2) is 9.08. The van der Waals surface area contributed by atoms with Crippen LogP contribution in [0.1, 0.15) is 12.0 Å². The minimum Gasteiger partial charge on any atom is -0.497 e. The quantitative estimate of drug-likeness (QED) is 0.503. The molecule has 0 amide bonds. The molecule has 0 N–H and O–H groups in total. The van der Waals surface area contributed by atoms with Crippen LogP contribution in [-0.2, 0) is 16.4 Å². The average Bonchev–Trinajstić information content (AvgIpc) is 3.37. The van der Waals surface area contributed by atoms with Crippen LogP contribution in [0.15, 0.2) is 73.4 Å². The van der Waals surface area contributed by atoms with Crippen LogP contribution in [0, 0.1) is 0 Å². The van der Waals surface area contributed by atoms with Crippen molar-refractivity contribution in [3.8, 4) is 22.7 Å². The van der Waals surface area contributed by atoms with Crippen molar-refractivity contribution in [2.24, 2.45) is 0 Å². The van der Waals surface area contributed by atoms with Crippen molar-refractivity contribution < 1.29 is 13.2 Å². The molecule has 6 nitrogen and oxygen atoms in total. The summed E-state index contributed by atoms with van der Waals surface area (Å²) in [5, 5.41) is 4.88. The highest BCUT2D eigenvalue weighted by molar-refractivity contribution is 7.91. The third kappa shape index (κ3) is 4.89. The van der Waals surface area contributed by atoms with E-state index in [2.05, 4.69) is 11.5 Å². The average molecular weight is 438 g/mol. The number of ether oxygens (including phenoxy) is 1. The van der Waals surface area contributed by atoms with Gasteiger partial charge in [0.1, 0.15) is 5.75 Å². The molecule has 2 heterocycles. The van der Waals surface area contributed by atoms with E-state index in [-0.39, 0.29) is 17.5 Å². The van der Waals surface area contributed by atoms with Gasteiger partial charge in [-0.2, -0.15) is 5.10 Å². The van der Waals surface area contributed by atoms with Crippen molar-refractivity contribution in [1.29, 1.82) is 0 Å². The highest BCUT2D eigenvalue weighted by Crippen LogP contribution is 2.29. The number of para-hydroxylation sites is 1. The van der Waals surface area contributed by atoms with E-state index in [4.69, 9.17) is 9.84 Å². The molecule has 1 aliphatic rings. The molecule has 0 spiro atoms. The van der Waals surface area contributed by atoms with Gasteiger partial charge in [-0.05, 0) is 30.7 Å². The molecular formula is C24H27N3O3S. The fourth-order valence-corrected chi connectivity index (χ4v) is 5.80. The molecule has 0 bridgehead atoms. The summed E-state index contributed by atoms with van der Waals surface area (Å²) in [4.78, 5) is 2.19. The summed E-state index contributed by atoms with van der Waals surface area (Å²) in [6, 6.07) is 17.8. The van der Waals surface area contributed by atoms with Crippen molar-refractivity contribution in [1.82, 2.24) is 14.7 Å². The first kappa shape index (κ1) is 21.3. The Morgan fingerprint density at radius 1 is 1.23 bits per heavy atom. The molecule has 0 radical (unpaired) electrons. The van der Waals surface area contributed by atoms with Gasteiger partial charge in [0, 0.05) is 36.5 Å². The molecule has 4 rings (SSSR count). The molecule has 1 aliphatic heterocycles. The predicted octanol–water partition coefficient (Wildman–Crippen LogP) is 3.72. The molecule has 1 saturated heterocycles. The fraction of sp³-hybridized carbons (Fsp3) is 0.292. The standard InChI is InChI=1S/C24H27N3O3S/c1-3-13-26(22-12-14-31(28,29)18-22)16-20-17-27(21-9-5-4-6-10-21)25-24(20)19-8-7-11-23(15-19)30-2/h3-11,15,17,22H,1,12-14,16,18H2,2H3/t22-/m1/s1. The van der Waals surface area contributed by atoms with Crippen LogP contribution in [0.4, 0.5) is 0 Å². The number of aromatic nitrogens is 2. The van der Waals surface area contributed by atoms with Gasteiger partial charge in [-0.25, -0.2) is 13.1 Å². The zero-order valence-corrected chi connectivity index (χ0v) is 18.5. The minimum atomic E-state index is -2.97. The first-order valence-electron chi connectivity index (χ1n) is 10.3. The summed E-state index contributed by atoms with van der Waals surface area (Å²) < 4.78 is 31.4. The van der Waals surface area contributed by atoms with E-state index in [1.807, 2.05) is 71.6 Å². The molecule has 162 valence electrons. The SMILES string of the molecule is C=CCN(Cc1cn(-c2ccccc2)nc1-c1cccc(OC)c1)[C@@H]1CCS(=O)(=O)C1. The van der Waals surface area contributed by atoms with Gasteiger partial charge in [-0.15, -0.1) is 6.58 Å². The summed E-state index contributed by atoms with van der Waals surface area (Å²) in [6.07, 6.45) is 4.51. The zero-order chi connectivity index (χ0) is 21.8. The summed E-state index contributed by atoms with van der Waals surface area (Å²) in [5.74, 6) is 1.21. The van der Waals surface area contributed by atoms with E-state index in [1.165, 1.54) is 0 Å². The van der Waals surface area contributed by atoms with Crippen molar-refractivity contribution in [3.63, 3.8) is 0 Å². The van der Waals surface area contributed by atoms with Gasteiger partial charge in [-0.1, -0.05) is 36.4 Å². The van der Waals surface area contributed by atoms with Crippen LogP contribution in [-0.4, -0.2) is 54.3 Å². The molecular weight excluding hydrogens is 410 g/mol. The maximum atomic E-state index is 12.1. The van der Waals surface area contributed by atoms with Crippen molar-refractivity contribution in [2.75, 3.05) is 25.2 Å². The number of nitrogens with zero attached hydrogens (tertiary/aromatic N) is 3. The van der Waals surface area contributed by atoms with E-state index in [0.29, 0.717) is 19.5 Å².